The molecule has 1 aliphatic rings. The van der Waals surface area contributed by atoms with Crippen molar-refractivity contribution >= 4 is 35.2 Å². The van der Waals surface area contributed by atoms with Gasteiger partial charge in [-0.15, -0.1) is 0 Å². The molecule has 0 bridgehead atoms. The van der Waals surface area contributed by atoms with E-state index in [-0.39, 0.29) is 10.5 Å². The van der Waals surface area contributed by atoms with E-state index in [4.69, 9.17) is 4.74 Å². The van der Waals surface area contributed by atoms with E-state index in [1.807, 2.05) is 30.3 Å². The Morgan fingerprint density at radius 1 is 1.10 bits per heavy atom. The number of benzene rings is 2. The number of nitrogens with one attached hydrogen (secondary N) is 3. The summed E-state index contributed by atoms with van der Waals surface area (Å²) in [5.41, 5.74) is -1.18. The predicted octanol–water partition coefficient (Wildman–Crippen LogP) is 1.18. The van der Waals surface area contributed by atoms with Crippen LogP contribution in [0.1, 0.15) is 12.5 Å². The molecular formula is C20H25N3O5SSi. The largest absolute Gasteiger partial charge is 0.496 e. The van der Waals surface area contributed by atoms with Gasteiger partial charge in [0.25, 0.3) is 5.91 Å². The van der Waals surface area contributed by atoms with E-state index in [1.54, 1.807) is 0 Å². The third kappa shape index (κ3) is 4.11. The Morgan fingerprint density at radius 3 is 2.33 bits per heavy atom. The molecule has 0 saturated carbocycles. The zero-order chi connectivity index (χ0) is 22.2. The molecule has 0 aromatic heterocycles. The second-order valence-electron chi connectivity index (χ2n) is 7.97. The minimum atomic E-state index is -3.85. The molecule has 8 nitrogen and oxygen atoms in total. The highest BCUT2D eigenvalue weighted by molar-refractivity contribution is 7.89. The summed E-state index contributed by atoms with van der Waals surface area (Å²) < 4.78 is 34.0. The number of imide groups is 1. The molecule has 3 rings (SSSR count). The van der Waals surface area contributed by atoms with Crippen LogP contribution in [-0.4, -0.2) is 41.7 Å². The Bertz CT molecular complexity index is 1090. The summed E-state index contributed by atoms with van der Waals surface area (Å²) in [5, 5.41) is 5.85. The molecule has 3 N–H and O–H groups in total. The number of hydrogen-bond donors (Lipinski definition) is 3. The highest BCUT2D eigenvalue weighted by Crippen LogP contribution is 2.34. The topological polar surface area (TPSA) is 114 Å². The van der Waals surface area contributed by atoms with Gasteiger partial charge in [0.1, 0.15) is 11.3 Å². The van der Waals surface area contributed by atoms with E-state index >= 15 is 0 Å². The van der Waals surface area contributed by atoms with Crippen molar-refractivity contribution in [1.29, 1.82) is 0 Å². The molecule has 0 spiro atoms. The maximum Gasteiger partial charge on any atom is 0.322 e. The Labute approximate surface area is 177 Å². The Morgan fingerprint density at radius 2 is 1.77 bits per heavy atom. The third-order valence-electron chi connectivity index (χ3n) is 5.32. The summed E-state index contributed by atoms with van der Waals surface area (Å²) in [7, 11) is -4.49. The molecule has 0 radical (unpaired) electrons. The maximum absolute atomic E-state index is 13.0. The summed E-state index contributed by atoms with van der Waals surface area (Å²) >= 11 is 0. The lowest BCUT2D eigenvalue weighted by Gasteiger charge is -2.25. The minimum Gasteiger partial charge on any atom is -0.496 e. The highest BCUT2D eigenvalue weighted by Gasteiger charge is 2.45. The lowest BCUT2D eigenvalue weighted by Crippen LogP contribution is -2.51. The molecule has 0 unspecified atom stereocenters. The fourth-order valence-corrected chi connectivity index (χ4v) is 7.52. The number of carbonyl (C=O) groups is 2. The van der Waals surface area contributed by atoms with E-state index in [2.05, 4.69) is 28.4 Å². The van der Waals surface area contributed by atoms with E-state index in [0.29, 0.717) is 11.9 Å². The summed E-state index contributed by atoms with van der Waals surface area (Å²) in [6.07, 6.45) is 0.315. The average molecular weight is 448 g/mol. The average Bonchev–Trinajstić information content (AvgIpc) is 2.99. The molecule has 1 atom stereocenters. The molecular weight excluding hydrogens is 422 g/mol. The van der Waals surface area contributed by atoms with Crippen LogP contribution in [0.4, 0.5) is 4.79 Å². The normalized spacial score (nSPS) is 19.3. The molecule has 10 heteroatoms. The van der Waals surface area contributed by atoms with Gasteiger partial charge >= 0.3 is 6.03 Å². The first kappa shape index (κ1) is 22.0. The summed E-state index contributed by atoms with van der Waals surface area (Å²) in [5.74, 6) is -0.279. The second kappa shape index (κ2) is 7.86. The standard InChI is InChI=1S/C20H25N3O5SSi/c1-20(18(24)22-19(25)23-20)16-12-14(10-11-17(16)28-2)29(26,27)21-13-30(3,4)15-8-6-5-7-9-15/h5-12,21H,13H2,1-4H3,(H2,22,23,24,25)/t20-/m1/s1. The predicted molar refractivity (Wildman–Crippen MR) is 116 cm³/mol. The number of sulfonamides is 1. The molecule has 1 heterocycles. The van der Waals surface area contributed by atoms with Crippen molar-refractivity contribution in [2.75, 3.05) is 13.3 Å². The molecule has 2 aromatic rings. The molecule has 30 heavy (non-hydrogen) atoms. The summed E-state index contributed by atoms with van der Waals surface area (Å²) in [6, 6.07) is 13.4. The van der Waals surface area contributed by atoms with Crippen LogP contribution in [0.2, 0.25) is 13.1 Å². The molecule has 1 saturated heterocycles. The molecule has 0 aliphatic carbocycles. The highest BCUT2D eigenvalue weighted by atomic mass is 32.2. The van der Waals surface area contributed by atoms with Gasteiger partial charge in [-0.05, 0) is 25.1 Å². The minimum absolute atomic E-state index is 0.00802. The quantitative estimate of drug-likeness (QED) is 0.436. The van der Waals surface area contributed by atoms with Crippen LogP contribution in [0, 0.1) is 0 Å². The van der Waals surface area contributed by atoms with E-state index < -0.39 is 35.6 Å². The first-order chi connectivity index (χ1) is 14.0. The number of urea groups is 1. The van der Waals surface area contributed by atoms with Crippen LogP contribution in [0.5, 0.6) is 5.75 Å². The van der Waals surface area contributed by atoms with Crippen molar-refractivity contribution in [1.82, 2.24) is 15.4 Å². The molecule has 2 aromatic carbocycles. The molecule has 1 fully saturated rings. The Hall–Kier alpha value is -2.69. The van der Waals surface area contributed by atoms with Crippen LogP contribution in [0.3, 0.4) is 0 Å². The van der Waals surface area contributed by atoms with Crippen molar-refractivity contribution in [2.45, 2.75) is 30.5 Å². The van der Waals surface area contributed by atoms with E-state index in [9.17, 15) is 18.0 Å². The maximum atomic E-state index is 13.0. The number of amides is 3. The monoisotopic (exact) mass is 447 g/mol. The van der Waals surface area contributed by atoms with Crippen molar-refractivity contribution < 1.29 is 22.7 Å². The first-order valence-corrected chi connectivity index (χ1v) is 14.1. The number of rotatable bonds is 7. The van der Waals surface area contributed by atoms with Gasteiger partial charge in [0.2, 0.25) is 10.0 Å². The van der Waals surface area contributed by atoms with Crippen molar-refractivity contribution in [3.05, 3.63) is 54.1 Å². The van der Waals surface area contributed by atoms with Gasteiger partial charge < -0.3 is 10.1 Å². The third-order valence-corrected chi connectivity index (χ3v) is 9.94. The van der Waals surface area contributed by atoms with Crippen LogP contribution in [0.25, 0.3) is 0 Å². The first-order valence-electron chi connectivity index (χ1n) is 9.37. The van der Waals surface area contributed by atoms with Crippen molar-refractivity contribution in [3.8, 4) is 5.75 Å². The van der Waals surface area contributed by atoms with Crippen LogP contribution < -0.4 is 25.3 Å². The zero-order valence-electron chi connectivity index (χ0n) is 17.3. The number of hydrogen-bond acceptors (Lipinski definition) is 5. The van der Waals surface area contributed by atoms with Crippen LogP contribution >= 0.6 is 0 Å². The van der Waals surface area contributed by atoms with Gasteiger partial charge in [-0.1, -0.05) is 48.6 Å². The summed E-state index contributed by atoms with van der Waals surface area (Å²) in [6.45, 7) is 5.67. The molecule has 3 amide bonds. The Balaban J connectivity index is 1.92. The number of carbonyl (C=O) groups excluding carboxylic acids is 2. The van der Waals surface area contributed by atoms with Crippen molar-refractivity contribution in [3.63, 3.8) is 0 Å². The lowest BCUT2D eigenvalue weighted by molar-refractivity contribution is -0.123. The van der Waals surface area contributed by atoms with E-state index in [1.165, 1.54) is 32.2 Å². The van der Waals surface area contributed by atoms with Gasteiger partial charge in [-0.25, -0.2) is 17.9 Å². The van der Waals surface area contributed by atoms with Gasteiger partial charge in [0.15, 0.2) is 0 Å². The lowest BCUT2D eigenvalue weighted by atomic mass is 9.91. The van der Waals surface area contributed by atoms with E-state index in [0.717, 1.165) is 5.19 Å². The van der Waals surface area contributed by atoms with Gasteiger partial charge in [-0.2, -0.15) is 0 Å². The number of methoxy groups -OCH3 is 1. The fourth-order valence-electron chi connectivity index (χ4n) is 3.33. The zero-order valence-corrected chi connectivity index (χ0v) is 19.1. The van der Waals surface area contributed by atoms with Crippen LogP contribution in [-0.2, 0) is 20.4 Å². The second-order valence-corrected chi connectivity index (χ2v) is 14.4. The molecule has 1 aliphatic heterocycles. The van der Waals surface area contributed by atoms with Gasteiger partial charge in [-0.3, -0.25) is 10.1 Å². The van der Waals surface area contributed by atoms with Crippen molar-refractivity contribution in [2.24, 2.45) is 0 Å². The fraction of sp³-hybridized carbons (Fsp3) is 0.300. The van der Waals surface area contributed by atoms with Crippen LogP contribution in [0.15, 0.2) is 53.4 Å². The smallest absolute Gasteiger partial charge is 0.322 e. The van der Waals surface area contributed by atoms with Gasteiger partial charge in [0, 0.05) is 11.7 Å². The molecule has 160 valence electrons. The van der Waals surface area contributed by atoms with Gasteiger partial charge in [0.05, 0.1) is 20.1 Å². The SMILES string of the molecule is COc1ccc(S(=O)(=O)NC[Si](C)(C)c2ccccc2)cc1[C@@]1(C)NC(=O)NC1=O. The number of ether oxygens (including phenoxy) is 1. The Kier molecular flexibility index (Phi) is 5.76. The summed E-state index contributed by atoms with van der Waals surface area (Å²) in [4.78, 5) is 24.0.